The van der Waals surface area contributed by atoms with E-state index in [0.717, 1.165) is 43.6 Å². The first kappa shape index (κ1) is 22.8. The maximum Gasteiger partial charge on any atom is 0.306 e. The number of aromatic nitrogens is 2. The number of aryl methyl sites for hydroxylation is 2. The van der Waals surface area contributed by atoms with Gasteiger partial charge in [-0.05, 0) is 49.6 Å². The standard InChI is InChI=1S/C18H14N3S.C7H8O3S/c1-20-15-9-5-6-10-16(15)21-14-8-4-3-7-12(14)17(22-2)13(11-19)18(20)21;1-6-2-4-7(5-3-6)11(8,9)10/h3-10H,1-2H3;2-5H,1H3,(H,8,9,10)/q+1;/p-1. The van der Waals surface area contributed by atoms with E-state index < -0.39 is 10.1 Å². The first-order valence-corrected chi connectivity index (χ1v) is 12.7. The van der Waals surface area contributed by atoms with Crippen molar-refractivity contribution in [2.45, 2.75) is 16.7 Å². The van der Waals surface area contributed by atoms with Crippen LogP contribution in [0.15, 0.2) is 82.6 Å². The minimum atomic E-state index is -4.27. The number of fused-ring (bicyclic) bond motifs is 5. The van der Waals surface area contributed by atoms with Gasteiger partial charge in [0.05, 0.1) is 11.9 Å². The predicted octanol–water partition coefficient (Wildman–Crippen LogP) is 4.56. The number of hydrogen-bond donors (Lipinski definition) is 0. The molecule has 0 saturated carbocycles. The average molecular weight is 476 g/mol. The lowest BCUT2D eigenvalue weighted by Gasteiger charge is -2.06. The van der Waals surface area contributed by atoms with Crippen LogP contribution in [0.4, 0.5) is 0 Å². The largest absolute Gasteiger partial charge is 0.744 e. The highest BCUT2D eigenvalue weighted by Gasteiger charge is 2.26. The summed E-state index contributed by atoms with van der Waals surface area (Å²) in [6.45, 7) is 1.82. The van der Waals surface area contributed by atoms with E-state index in [1.165, 1.54) is 12.1 Å². The Balaban J connectivity index is 0.000000200. The molecule has 5 aromatic rings. The summed E-state index contributed by atoms with van der Waals surface area (Å²) in [7, 11) is -2.24. The maximum atomic E-state index is 10.4. The second-order valence-electron chi connectivity index (χ2n) is 7.51. The van der Waals surface area contributed by atoms with Gasteiger partial charge in [-0.25, -0.2) is 13.0 Å². The van der Waals surface area contributed by atoms with E-state index in [0.29, 0.717) is 0 Å². The van der Waals surface area contributed by atoms with Gasteiger partial charge < -0.3 is 4.55 Å². The second kappa shape index (κ2) is 8.87. The molecule has 2 heterocycles. The molecular weight excluding hydrogens is 454 g/mol. The van der Waals surface area contributed by atoms with E-state index in [1.807, 2.05) is 44.5 Å². The zero-order valence-electron chi connectivity index (χ0n) is 18.3. The molecule has 6 nitrogen and oxygen atoms in total. The summed E-state index contributed by atoms with van der Waals surface area (Å²) < 4.78 is 35.5. The minimum absolute atomic E-state index is 0.178. The molecule has 3 aromatic carbocycles. The van der Waals surface area contributed by atoms with Gasteiger partial charge in [0.2, 0.25) is 0 Å². The summed E-state index contributed by atoms with van der Waals surface area (Å²) in [5.74, 6) is 0. The molecule has 0 saturated heterocycles. The zero-order valence-corrected chi connectivity index (χ0v) is 19.9. The molecule has 0 N–H and O–H groups in total. The summed E-state index contributed by atoms with van der Waals surface area (Å²) in [6, 6.07) is 24.8. The molecule has 0 amide bonds. The Morgan fingerprint density at radius 3 is 2.18 bits per heavy atom. The van der Waals surface area contributed by atoms with Crippen molar-refractivity contribution in [3.8, 4) is 6.07 Å². The number of benzene rings is 3. The SMILES string of the molecule is CSc1c(C#N)c2n(c3ccccc13)c1ccccc1[n+]2C.Cc1ccc(S(=O)(=O)[O-])cc1. The fourth-order valence-corrected chi connectivity index (χ4v) is 5.16. The van der Waals surface area contributed by atoms with E-state index in [4.69, 9.17) is 0 Å². The average Bonchev–Trinajstić information content (AvgIpc) is 3.11. The monoisotopic (exact) mass is 475 g/mol. The van der Waals surface area contributed by atoms with Crippen molar-refractivity contribution in [1.29, 1.82) is 5.26 Å². The summed E-state index contributed by atoms with van der Waals surface area (Å²) in [5.41, 5.74) is 6.01. The van der Waals surface area contributed by atoms with Gasteiger partial charge in [0.25, 0.3) is 0 Å². The molecule has 0 fully saturated rings. The molecule has 166 valence electrons. The van der Waals surface area contributed by atoms with Gasteiger partial charge in [-0.2, -0.15) is 9.66 Å². The van der Waals surface area contributed by atoms with Crippen LogP contribution in [0.3, 0.4) is 0 Å². The maximum absolute atomic E-state index is 10.4. The normalized spacial score (nSPS) is 11.4. The highest BCUT2D eigenvalue weighted by atomic mass is 32.2. The van der Waals surface area contributed by atoms with Crippen molar-refractivity contribution in [3.63, 3.8) is 0 Å². The van der Waals surface area contributed by atoms with Gasteiger partial charge >= 0.3 is 5.65 Å². The van der Waals surface area contributed by atoms with E-state index in [2.05, 4.69) is 39.3 Å². The number of nitrogens with zero attached hydrogens (tertiary/aromatic N) is 3. The lowest BCUT2D eigenvalue weighted by molar-refractivity contribution is -0.618. The Kier molecular flexibility index (Phi) is 6.13. The molecule has 0 spiro atoms. The third-order valence-electron chi connectivity index (χ3n) is 5.48. The predicted molar refractivity (Wildman–Crippen MR) is 129 cm³/mol. The number of thioether (sulfide) groups is 1. The smallest absolute Gasteiger partial charge is 0.306 e. The van der Waals surface area contributed by atoms with Crippen molar-refractivity contribution >= 4 is 49.5 Å². The highest BCUT2D eigenvalue weighted by Crippen LogP contribution is 2.33. The third kappa shape index (κ3) is 4.07. The van der Waals surface area contributed by atoms with Crippen LogP contribution in [0.25, 0.3) is 27.6 Å². The summed E-state index contributed by atoms with van der Waals surface area (Å²) in [6.07, 6.45) is 2.03. The fraction of sp³-hybridized carbons (Fsp3) is 0.120. The molecule has 0 unspecified atom stereocenters. The van der Waals surface area contributed by atoms with Crippen molar-refractivity contribution in [2.75, 3.05) is 6.26 Å². The van der Waals surface area contributed by atoms with Gasteiger partial charge in [-0.3, -0.25) is 0 Å². The molecule has 8 heteroatoms. The summed E-state index contributed by atoms with van der Waals surface area (Å²) in [4.78, 5) is 0.868. The molecule has 0 aliphatic rings. The van der Waals surface area contributed by atoms with Crippen molar-refractivity contribution < 1.29 is 17.5 Å². The number of nitriles is 1. The van der Waals surface area contributed by atoms with Crippen LogP contribution < -0.4 is 4.57 Å². The number of hydrogen-bond acceptors (Lipinski definition) is 5. The molecule has 0 radical (unpaired) electrons. The lowest BCUT2D eigenvalue weighted by Crippen LogP contribution is -2.28. The molecule has 0 aliphatic carbocycles. The van der Waals surface area contributed by atoms with E-state index in [-0.39, 0.29) is 4.90 Å². The molecule has 0 atom stereocenters. The molecule has 0 bridgehead atoms. The van der Waals surface area contributed by atoms with Gasteiger partial charge in [0, 0.05) is 10.3 Å². The Morgan fingerprint density at radius 2 is 1.58 bits per heavy atom. The Labute approximate surface area is 196 Å². The first-order chi connectivity index (χ1) is 15.8. The third-order valence-corrected chi connectivity index (χ3v) is 7.16. The van der Waals surface area contributed by atoms with Crippen molar-refractivity contribution in [2.24, 2.45) is 7.05 Å². The van der Waals surface area contributed by atoms with Crippen LogP contribution in [0.2, 0.25) is 0 Å². The van der Waals surface area contributed by atoms with Crippen molar-refractivity contribution in [3.05, 3.63) is 83.9 Å². The number of rotatable bonds is 2. The number of imidazole rings is 1. The van der Waals surface area contributed by atoms with Crippen LogP contribution in [0.1, 0.15) is 11.1 Å². The van der Waals surface area contributed by atoms with E-state index in [9.17, 15) is 18.2 Å². The summed E-state index contributed by atoms with van der Waals surface area (Å²) in [5, 5.41) is 10.9. The van der Waals surface area contributed by atoms with Gasteiger partial charge in [-0.1, -0.05) is 42.0 Å². The Hall–Kier alpha value is -3.38. The van der Waals surface area contributed by atoms with E-state index in [1.54, 1.807) is 23.9 Å². The molecule has 2 aromatic heterocycles. The number of pyridine rings is 1. The van der Waals surface area contributed by atoms with Crippen LogP contribution in [0.5, 0.6) is 0 Å². The zero-order chi connectivity index (χ0) is 23.8. The second-order valence-corrected chi connectivity index (χ2v) is 9.71. The topological polar surface area (TPSA) is 89.3 Å². The van der Waals surface area contributed by atoms with Crippen LogP contribution >= 0.6 is 11.8 Å². The highest BCUT2D eigenvalue weighted by molar-refractivity contribution is 7.98. The van der Waals surface area contributed by atoms with Crippen LogP contribution in [-0.4, -0.2) is 23.6 Å². The molecule has 33 heavy (non-hydrogen) atoms. The molecule has 5 rings (SSSR count). The Bertz CT molecular complexity index is 1650. The minimum Gasteiger partial charge on any atom is -0.744 e. The van der Waals surface area contributed by atoms with Crippen molar-refractivity contribution in [1.82, 2.24) is 4.40 Å². The van der Waals surface area contributed by atoms with Gasteiger partial charge in [-0.15, -0.1) is 11.8 Å². The molecular formula is C25H21N3O3S2. The lowest BCUT2D eigenvalue weighted by atomic mass is 10.1. The van der Waals surface area contributed by atoms with E-state index >= 15 is 0 Å². The van der Waals surface area contributed by atoms with Crippen LogP contribution in [0, 0.1) is 18.3 Å². The molecule has 0 aliphatic heterocycles. The fourth-order valence-electron chi connectivity index (χ4n) is 3.95. The quantitative estimate of drug-likeness (QED) is 0.212. The summed E-state index contributed by atoms with van der Waals surface area (Å²) >= 11 is 1.63. The van der Waals surface area contributed by atoms with Gasteiger partial charge in [0.1, 0.15) is 21.7 Å². The van der Waals surface area contributed by atoms with Crippen LogP contribution in [-0.2, 0) is 17.2 Å². The first-order valence-electron chi connectivity index (χ1n) is 10.1. The van der Waals surface area contributed by atoms with Gasteiger partial charge in [0.15, 0.2) is 16.6 Å². The number of para-hydroxylation sites is 3. The Morgan fingerprint density at radius 1 is 0.970 bits per heavy atom.